The second-order valence-corrected chi connectivity index (χ2v) is 8.76. The summed E-state index contributed by atoms with van der Waals surface area (Å²) in [4.78, 5) is 17.4. The average molecular weight is 447 g/mol. The number of benzene rings is 2. The summed E-state index contributed by atoms with van der Waals surface area (Å²) in [5.74, 6) is -0.0475. The Hall–Kier alpha value is -3.18. The third kappa shape index (κ3) is 4.26. The minimum absolute atomic E-state index is 0.0475. The molecule has 0 radical (unpaired) electrons. The topological polar surface area (TPSA) is 59.8 Å². The number of aromatic nitrogens is 3. The first-order valence-electron chi connectivity index (χ1n) is 10.7. The highest BCUT2D eigenvalue weighted by molar-refractivity contribution is 6.30. The van der Waals surface area contributed by atoms with Crippen molar-refractivity contribution in [2.75, 3.05) is 5.32 Å². The number of anilines is 1. The number of halogens is 1. The van der Waals surface area contributed by atoms with E-state index in [9.17, 15) is 4.79 Å². The predicted octanol–water partition coefficient (Wildman–Crippen LogP) is 6.19. The van der Waals surface area contributed by atoms with Gasteiger partial charge in [0.2, 0.25) is 5.91 Å². The van der Waals surface area contributed by atoms with Gasteiger partial charge >= 0.3 is 0 Å². The zero-order valence-corrected chi connectivity index (χ0v) is 19.8. The monoisotopic (exact) mass is 446 g/mol. The lowest BCUT2D eigenvalue weighted by atomic mass is 9.99. The Morgan fingerprint density at radius 2 is 1.78 bits per heavy atom. The zero-order chi connectivity index (χ0) is 23.0. The van der Waals surface area contributed by atoms with Crippen molar-refractivity contribution in [1.82, 2.24) is 14.8 Å². The summed E-state index contributed by atoms with van der Waals surface area (Å²) in [5.41, 5.74) is 9.13. The van der Waals surface area contributed by atoms with Gasteiger partial charge in [0.25, 0.3) is 0 Å². The van der Waals surface area contributed by atoms with Gasteiger partial charge in [0, 0.05) is 28.2 Å². The molecule has 5 nitrogen and oxygen atoms in total. The molecule has 164 valence electrons. The van der Waals surface area contributed by atoms with E-state index in [4.69, 9.17) is 21.7 Å². The molecular weight excluding hydrogens is 420 g/mol. The number of nitrogens with zero attached hydrogens (tertiary/aromatic N) is 3. The highest BCUT2D eigenvalue weighted by Crippen LogP contribution is 2.29. The van der Waals surface area contributed by atoms with Crippen LogP contribution in [0.5, 0.6) is 0 Å². The fraction of sp³-hybridized carbons (Fsp3) is 0.269. The van der Waals surface area contributed by atoms with Gasteiger partial charge in [-0.05, 0) is 93.6 Å². The molecule has 4 aromatic rings. The Balaban J connectivity index is 1.63. The molecule has 0 fully saturated rings. The first-order chi connectivity index (χ1) is 15.2. The molecular formula is C26H27ClN4O. The van der Waals surface area contributed by atoms with E-state index < -0.39 is 0 Å². The Morgan fingerprint density at radius 1 is 1.00 bits per heavy atom. The quantitative estimate of drug-likeness (QED) is 0.397. The second-order valence-electron chi connectivity index (χ2n) is 8.32. The molecule has 0 atom stereocenters. The third-order valence-electron chi connectivity index (χ3n) is 6.02. The first-order valence-corrected chi connectivity index (χ1v) is 11.1. The van der Waals surface area contributed by atoms with E-state index in [1.807, 2.05) is 30.7 Å². The van der Waals surface area contributed by atoms with E-state index in [-0.39, 0.29) is 5.91 Å². The van der Waals surface area contributed by atoms with Crippen LogP contribution in [0.1, 0.15) is 40.1 Å². The predicted molar refractivity (Wildman–Crippen MR) is 131 cm³/mol. The molecule has 32 heavy (non-hydrogen) atoms. The zero-order valence-electron chi connectivity index (χ0n) is 19.1. The largest absolute Gasteiger partial charge is 0.326 e. The molecule has 0 saturated carbocycles. The lowest BCUT2D eigenvalue weighted by Crippen LogP contribution is -2.13. The number of nitrogens with one attached hydrogen (secondary N) is 1. The standard InChI is InChI=1S/C26H27ClN4O/c1-15-9-10-22(13-16(15)2)31-26-25(19(5)30-31)17(3)23(18(4)28-26)11-12-24(32)29-21-8-6-7-20(27)14-21/h6-10,13-14H,11-12H2,1-5H3,(H,29,32). The second kappa shape index (κ2) is 8.75. The van der Waals surface area contributed by atoms with Gasteiger partial charge in [-0.15, -0.1) is 0 Å². The maximum atomic E-state index is 12.5. The van der Waals surface area contributed by atoms with Gasteiger partial charge in [0.05, 0.1) is 11.4 Å². The van der Waals surface area contributed by atoms with Crippen molar-refractivity contribution < 1.29 is 4.79 Å². The molecule has 1 amide bonds. The summed E-state index contributed by atoms with van der Waals surface area (Å²) in [6.45, 7) is 10.3. The summed E-state index contributed by atoms with van der Waals surface area (Å²) in [5, 5.41) is 9.36. The van der Waals surface area contributed by atoms with E-state index in [0.29, 0.717) is 23.6 Å². The van der Waals surface area contributed by atoms with Gasteiger partial charge in [0.15, 0.2) is 5.65 Å². The van der Waals surface area contributed by atoms with Crippen LogP contribution in [-0.4, -0.2) is 20.7 Å². The van der Waals surface area contributed by atoms with Crippen LogP contribution in [0.4, 0.5) is 5.69 Å². The minimum Gasteiger partial charge on any atom is -0.326 e. The minimum atomic E-state index is -0.0475. The van der Waals surface area contributed by atoms with Gasteiger partial charge in [-0.25, -0.2) is 9.67 Å². The number of carbonyl (C=O) groups excluding carboxylic acids is 1. The molecule has 0 aliphatic heterocycles. The van der Waals surface area contributed by atoms with Crippen LogP contribution in [-0.2, 0) is 11.2 Å². The Labute approximate surface area is 193 Å². The highest BCUT2D eigenvalue weighted by atomic mass is 35.5. The SMILES string of the molecule is Cc1ccc(-n2nc(C)c3c(C)c(CCC(=O)Nc4cccc(Cl)c4)c(C)nc32)cc1C. The van der Waals surface area contributed by atoms with Crippen molar-refractivity contribution in [2.45, 2.75) is 47.5 Å². The molecule has 0 spiro atoms. The summed E-state index contributed by atoms with van der Waals surface area (Å²) in [6.07, 6.45) is 0.979. The summed E-state index contributed by atoms with van der Waals surface area (Å²) < 4.78 is 1.92. The normalized spacial score (nSPS) is 11.2. The molecule has 0 unspecified atom stereocenters. The number of aryl methyl sites for hydroxylation is 5. The van der Waals surface area contributed by atoms with E-state index in [0.717, 1.165) is 39.2 Å². The number of hydrogen-bond acceptors (Lipinski definition) is 3. The molecule has 2 heterocycles. The number of rotatable bonds is 5. The molecule has 6 heteroatoms. The van der Waals surface area contributed by atoms with Gasteiger partial charge in [-0.1, -0.05) is 23.7 Å². The third-order valence-corrected chi connectivity index (χ3v) is 6.25. The molecule has 2 aromatic carbocycles. The number of fused-ring (bicyclic) bond motifs is 1. The van der Waals surface area contributed by atoms with Gasteiger partial charge in [-0.3, -0.25) is 4.79 Å². The number of amides is 1. The summed E-state index contributed by atoms with van der Waals surface area (Å²) >= 11 is 6.01. The van der Waals surface area contributed by atoms with Crippen LogP contribution in [0.2, 0.25) is 5.02 Å². The molecule has 0 aliphatic carbocycles. The van der Waals surface area contributed by atoms with E-state index in [1.165, 1.54) is 11.1 Å². The first kappa shape index (κ1) is 22.0. The Bertz CT molecular complexity index is 1340. The van der Waals surface area contributed by atoms with E-state index >= 15 is 0 Å². The average Bonchev–Trinajstić information content (AvgIpc) is 3.06. The van der Waals surface area contributed by atoms with Gasteiger partial charge in [-0.2, -0.15) is 5.10 Å². The summed E-state index contributed by atoms with van der Waals surface area (Å²) in [6, 6.07) is 13.5. The Morgan fingerprint density at radius 3 is 2.50 bits per heavy atom. The smallest absolute Gasteiger partial charge is 0.224 e. The fourth-order valence-electron chi connectivity index (χ4n) is 4.14. The van der Waals surface area contributed by atoms with E-state index in [2.05, 4.69) is 44.3 Å². The van der Waals surface area contributed by atoms with Crippen LogP contribution in [0.3, 0.4) is 0 Å². The van der Waals surface area contributed by atoms with Crippen LogP contribution < -0.4 is 5.32 Å². The number of hydrogen-bond donors (Lipinski definition) is 1. The lowest BCUT2D eigenvalue weighted by Gasteiger charge is -2.12. The van der Waals surface area contributed by atoms with Crippen molar-refractivity contribution in [2.24, 2.45) is 0 Å². The molecule has 4 rings (SSSR count). The van der Waals surface area contributed by atoms with Crippen molar-refractivity contribution in [3.05, 3.63) is 81.1 Å². The molecule has 0 bridgehead atoms. The van der Waals surface area contributed by atoms with Crippen molar-refractivity contribution in [3.63, 3.8) is 0 Å². The maximum Gasteiger partial charge on any atom is 0.224 e. The maximum absolute atomic E-state index is 12.5. The van der Waals surface area contributed by atoms with Crippen molar-refractivity contribution in [1.29, 1.82) is 0 Å². The fourth-order valence-corrected chi connectivity index (χ4v) is 4.33. The molecule has 0 aliphatic rings. The van der Waals surface area contributed by atoms with Crippen LogP contribution >= 0.6 is 11.6 Å². The van der Waals surface area contributed by atoms with Crippen molar-refractivity contribution >= 4 is 34.2 Å². The number of pyridine rings is 1. The lowest BCUT2D eigenvalue weighted by molar-refractivity contribution is -0.116. The van der Waals surface area contributed by atoms with Gasteiger partial charge < -0.3 is 5.32 Å². The Kier molecular flexibility index (Phi) is 6.02. The van der Waals surface area contributed by atoms with E-state index in [1.54, 1.807) is 12.1 Å². The molecule has 1 N–H and O–H groups in total. The van der Waals surface area contributed by atoms with Crippen LogP contribution in [0.15, 0.2) is 42.5 Å². The summed E-state index contributed by atoms with van der Waals surface area (Å²) in [7, 11) is 0. The van der Waals surface area contributed by atoms with Crippen LogP contribution in [0, 0.1) is 34.6 Å². The van der Waals surface area contributed by atoms with Crippen molar-refractivity contribution in [3.8, 4) is 5.69 Å². The molecule has 2 aromatic heterocycles. The molecule has 0 saturated heterocycles. The number of carbonyl (C=O) groups is 1. The highest BCUT2D eigenvalue weighted by Gasteiger charge is 2.18. The van der Waals surface area contributed by atoms with Crippen LogP contribution in [0.25, 0.3) is 16.7 Å². The van der Waals surface area contributed by atoms with Gasteiger partial charge in [0.1, 0.15) is 0 Å².